The fraction of sp³-hybridized carbons (Fsp3) is 0.200. The summed E-state index contributed by atoms with van der Waals surface area (Å²) < 4.78 is 6.20. The normalized spacial score (nSPS) is 10.9. The first kappa shape index (κ1) is 24.0. The van der Waals surface area contributed by atoms with Gasteiger partial charge in [0.15, 0.2) is 0 Å². The zero-order valence-electron chi connectivity index (χ0n) is 21.0. The average Bonchev–Trinajstić information content (AvgIpc) is 2.75. The molecule has 0 unspecified atom stereocenters. The van der Waals surface area contributed by atoms with Crippen molar-refractivity contribution in [2.24, 2.45) is 0 Å². The summed E-state index contributed by atoms with van der Waals surface area (Å²) in [5.74, 6) is 1.84. The minimum atomic E-state index is 0.189. The lowest BCUT2D eigenvalue weighted by atomic mass is 10.0. The highest BCUT2D eigenvalue weighted by Gasteiger charge is 2.22. The van der Waals surface area contributed by atoms with Gasteiger partial charge in [-0.05, 0) is 117 Å². The molecule has 4 aromatic carbocycles. The van der Waals surface area contributed by atoms with Crippen molar-refractivity contribution < 1.29 is 20.1 Å². The number of phenolic OH excluding ortho intramolecular Hbond substituents is 3. The molecule has 0 aromatic heterocycles. The smallest absolute Gasteiger partial charge is 0.134 e. The van der Waals surface area contributed by atoms with Gasteiger partial charge in [-0.1, -0.05) is 6.07 Å². The number of hydrogen-bond donors (Lipinski definition) is 3. The van der Waals surface area contributed by atoms with Crippen LogP contribution in [0, 0.1) is 41.5 Å². The van der Waals surface area contributed by atoms with Crippen molar-refractivity contribution in [3.05, 3.63) is 94.0 Å². The monoisotopic (exact) mass is 469 g/mol. The summed E-state index contributed by atoms with van der Waals surface area (Å²) in [5, 5.41) is 30.5. The van der Waals surface area contributed by atoms with Crippen LogP contribution in [0.1, 0.15) is 33.4 Å². The Labute approximate surface area is 206 Å². The molecule has 4 aromatic rings. The molecule has 0 aliphatic heterocycles. The zero-order chi connectivity index (χ0) is 25.4. The van der Waals surface area contributed by atoms with E-state index in [-0.39, 0.29) is 17.2 Å². The molecule has 35 heavy (non-hydrogen) atoms. The van der Waals surface area contributed by atoms with Crippen molar-refractivity contribution in [1.29, 1.82) is 0 Å². The van der Waals surface area contributed by atoms with E-state index < -0.39 is 0 Å². The van der Waals surface area contributed by atoms with Crippen LogP contribution in [-0.2, 0) is 0 Å². The Morgan fingerprint density at radius 3 is 1.60 bits per heavy atom. The molecule has 0 aliphatic rings. The zero-order valence-corrected chi connectivity index (χ0v) is 21.0. The summed E-state index contributed by atoms with van der Waals surface area (Å²) in [6.45, 7) is 11.7. The quantitative estimate of drug-likeness (QED) is 0.277. The van der Waals surface area contributed by atoms with E-state index in [1.807, 2.05) is 71.9 Å². The average molecular weight is 470 g/mol. The number of aryl methyl sites for hydroxylation is 6. The van der Waals surface area contributed by atoms with Gasteiger partial charge in [0, 0.05) is 17.8 Å². The summed E-state index contributed by atoms with van der Waals surface area (Å²) in [6.07, 6.45) is 0. The first-order valence-corrected chi connectivity index (χ1v) is 11.5. The van der Waals surface area contributed by atoms with Gasteiger partial charge in [-0.3, -0.25) is 0 Å². The SMILES string of the molecule is Cc1cc(C)c(Oc2cccc(N(c3c(C)cc(O)cc3C)c3c(C)cc(O)cc3C)c2)cc1O. The van der Waals surface area contributed by atoms with Gasteiger partial charge in [0.05, 0.1) is 11.4 Å². The number of hydrogen-bond acceptors (Lipinski definition) is 5. The van der Waals surface area contributed by atoms with Crippen LogP contribution in [0.3, 0.4) is 0 Å². The van der Waals surface area contributed by atoms with Gasteiger partial charge < -0.3 is 25.0 Å². The summed E-state index contributed by atoms with van der Waals surface area (Å²) >= 11 is 0. The highest BCUT2D eigenvalue weighted by molar-refractivity contribution is 5.84. The van der Waals surface area contributed by atoms with Crippen LogP contribution in [0.25, 0.3) is 0 Å². The van der Waals surface area contributed by atoms with Crippen molar-refractivity contribution in [1.82, 2.24) is 0 Å². The molecule has 0 atom stereocenters. The fourth-order valence-electron chi connectivity index (χ4n) is 4.69. The van der Waals surface area contributed by atoms with E-state index >= 15 is 0 Å². The van der Waals surface area contributed by atoms with E-state index in [0.29, 0.717) is 11.5 Å². The van der Waals surface area contributed by atoms with Crippen LogP contribution in [-0.4, -0.2) is 15.3 Å². The standard InChI is InChI=1S/C30H31NO4/c1-17-10-18(2)28(16-27(17)34)35-26-9-7-8-23(15-26)31(29-19(3)11-24(32)12-20(29)4)30-21(5)13-25(33)14-22(30)6/h7-16,32-34H,1-6H3. The number of phenols is 3. The topological polar surface area (TPSA) is 73.2 Å². The van der Waals surface area contributed by atoms with Crippen molar-refractivity contribution in [3.63, 3.8) is 0 Å². The van der Waals surface area contributed by atoms with Crippen LogP contribution in [0.5, 0.6) is 28.7 Å². The Morgan fingerprint density at radius 1 is 0.571 bits per heavy atom. The molecule has 180 valence electrons. The largest absolute Gasteiger partial charge is 0.508 e. The second kappa shape index (κ2) is 9.26. The third-order valence-corrected chi connectivity index (χ3v) is 6.20. The lowest BCUT2D eigenvalue weighted by Crippen LogP contribution is -2.15. The van der Waals surface area contributed by atoms with Gasteiger partial charge in [0.2, 0.25) is 0 Å². The van der Waals surface area contributed by atoms with Crippen LogP contribution in [0.15, 0.2) is 60.7 Å². The summed E-state index contributed by atoms with van der Waals surface area (Å²) in [5.41, 5.74) is 8.15. The maximum atomic E-state index is 10.2. The number of benzene rings is 4. The van der Waals surface area contributed by atoms with E-state index in [0.717, 1.165) is 50.4 Å². The van der Waals surface area contributed by atoms with Crippen LogP contribution in [0.4, 0.5) is 17.1 Å². The van der Waals surface area contributed by atoms with Gasteiger partial charge in [-0.25, -0.2) is 0 Å². The van der Waals surface area contributed by atoms with E-state index in [9.17, 15) is 15.3 Å². The number of anilines is 3. The first-order valence-electron chi connectivity index (χ1n) is 11.5. The molecule has 5 nitrogen and oxygen atoms in total. The second-order valence-electron chi connectivity index (χ2n) is 9.20. The highest BCUT2D eigenvalue weighted by Crippen LogP contribution is 2.45. The summed E-state index contributed by atoms with van der Waals surface area (Å²) in [6, 6.07) is 18.3. The molecule has 0 saturated carbocycles. The molecule has 0 radical (unpaired) electrons. The molecular formula is C30H31NO4. The third kappa shape index (κ3) is 4.76. The molecule has 0 heterocycles. The molecular weight excluding hydrogens is 438 g/mol. The number of ether oxygens (including phenoxy) is 1. The highest BCUT2D eigenvalue weighted by atomic mass is 16.5. The van der Waals surface area contributed by atoms with Crippen molar-refractivity contribution in [2.45, 2.75) is 41.5 Å². The number of aromatic hydroxyl groups is 3. The lowest BCUT2D eigenvalue weighted by molar-refractivity contribution is 0.450. The maximum Gasteiger partial charge on any atom is 0.134 e. The van der Waals surface area contributed by atoms with E-state index in [1.54, 1.807) is 30.3 Å². The van der Waals surface area contributed by atoms with E-state index in [1.165, 1.54) is 0 Å². The fourth-order valence-corrected chi connectivity index (χ4v) is 4.69. The van der Waals surface area contributed by atoms with Crippen molar-refractivity contribution in [3.8, 4) is 28.7 Å². The molecule has 4 rings (SSSR count). The molecule has 0 saturated heterocycles. The Balaban J connectivity index is 1.90. The Bertz CT molecular complexity index is 1320. The predicted molar refractivity (Wildman–Crippen MR) is 141 cm³/mol. The first-order chi connectivity index (χ1) is 16.5. The van der Waals surface area contributed by atoms with Crippen LogP contribution >= 0.6 is 0 Å². The predicted octanol–water partition coefficient (Wildman–Crippen LogP) is 7.92. The Hall–Kier alpha value is -4.12. The number of rotatable bonds is 5. The van der Waals surface area contributed by atoms with Gasteiger partial charge >= 0.3 is 0 Å². The Kier molecular flexibility index (Phi) is 6.35. The molecule has 0 bridgehead atoms. The lowest BCUT2D eigenvalue weighted by Gasteiger charge is -2.31. The molecule has 0 spiro atoms. The van der Waals surface area contributed by atoms with Gasteiger partial charge in [-0.2, -0.15) is 0 Å². The van der Waals surface area contributed by atoms with Crippen molar-refractivity contribution >= 4 is 17.1 Å². The summed E-state index contributed by atoms with van der Waals surface area (Å²) in [4.78, 5) is 2.14. The molecule has 0 aliphatic carbocycles. The minimum Gasteiger partial charge on any atom is -0.508 e. The molecule has 0 fully saturated rings. The second-order valence-corrected chi connectivity index (χ2v) is 9.20. The van der Waals surface area contributed by atoms with E-state index in [4.69, 9.17) is 4.74 Å². The van der Waals surface area contributed by atoms with Gasteiger partial charge in [0.25, 0.3) is 0 Å². The third-order valence-electron chi connectivity index (χ3n) is 6.20. The number of nitrogens with zero attached hydrogens (tertiary/aromatic N) is 1. The Morgan fingerprint density at radius 2 is 1.09 bits per heavy atom. The van der Waals surface area contributed by atoms with Crippen LogP contribution in [0.2, 0.25) is 0 Å². The van der Waals surface area contributed by atoms with Gasteiger partial charge in [0.1, 0.15) is 28.7 Å². The van der Waals surface area contributed by atoms with E-state index in [2.05, 4.69) is 4.90 Å². The van der Waals surface area contributed by atoms with Crippen molar-refractivity contribution in [2.75, 3.05) is 4.90 Å². The summed E-state index contributed by atoms with van der Waals surface area (Å²) in [7, 11) is 0. The van der Waals surface area contributed by atoms with Crippen LogP contribution < -0.4 is 9.64 Å². The molecule has 3 N–H and O–H groups in total. The van der Waals surface area contributed by atoms with Gasteiger partial charge in [-0.15, -0.1) is 0 Å². The molecule has 0 amide bonds. The maximum absolute atomic E-state index is 10.2. The molecule has 5 heteroatoms. The minimum absolute atomic E-state index is 0.189.